The fraction of sp³-hybridized carbons (Fsp3) is 0.125. The lowest BCUT2D eigenvalue weighted by atomic mass is 10.5. The number of rotatable bonds is 3. The molecule has 0 aliphatic heterocycles. The molecule has 0 fully saturated rings. The summed E-state index contributed by atoms with van der Waals surface area (Å²) in [4.78, 5) is 11.1. The molecule has 0 spiro atoms. The zero-order valence-corrected chi connectivity index (χ0v) is 7.40. The first-order chi connectivity index (χ1) is 6.81. The van der Waals surface area contributed by atoms with Gasteiger partial charge in [0.15, 0.2) is 5.65 Å². The van der Waals surface area contributed by atoms with Gasteiger partial charge >= 0.3 is 5.69 Å². The highest BCUT2D eigenvalue weighted by atomic mass is 16.2. The minimum atomic E-state index is -0.345. The third kappa shape index (κ3) is 1.37. The fourth-order valence-corrected chi connectivity index (χ4v) is 1.07. The smallest absolute Gasteiger partial charge is 0.364 e. The van der Waals surface area contributed by atoms with Gasteiger partial charge in [0.05, 0.1) is 0 Å². The van der Waals surface area contributed by atoms with Crippen LogP contribution in [0.5, 0.6) is 0 Å². The van der Waals surface area contributed by atoms with Crippen LogP contribution < -0.4 is 11.0 Å². The number of nitrogens with one attached hydrogen (secondary N) is 2. The lowest BCUT2D eigenvalue weighted by Gasteiger charge is -2.00. The largest absolute Gasteiger partial charge is 0.365 e. The lowest BCUT2D eigenvalue weighted by Crippen LogP contribution is -2.13. The number of fused-ring (bicyclic) bond motifs is 1. The maximum absolute atomic E-state index is 11.1. The summed E-state index contributed by atoms with van der Waals surface area (Å²) in [6, 6.07) is 3.45. The summed E-state index contributed by atoms with van der Waals surface area (Å²) >= 11 is 0. The van der Waals surface area contributed by atoms with Crippen LogP contribution in [0.25, 0.3) is 5.65 Å². The van der Waals surface area contributed by atoms with Crippen LogP contribution in [0, 0.1) is 0 Å². The van der Waals surface area contributed by atoms with Crippen molar-refractivity contribution in [3.63, 3.8) is 0 Å². The summed E-state index contributed by atoms with van der Waals surface area (Å²) in [6.45, 7) is 4.17. The first kappa shape index (κ1) is 8.49. The van der Waals surface area contributed by atoms with Crippen LogP contribution in [0.4, 0.5) is 5.82 Å². The highest BCUT2D eigenvalue weighted by Gasteiger charge is 2.00. The second-order valence-electron chi connectivity index (χ2n) is 2.69. The molecule has 14 heavy (non-hydrogen) atoms. The van der Waals surface area contributed by atoms with E-state index in [2.05, 4.69) is 27.2 Å². The van der Waals surface area contributed by atoms with Crippen molar-refractivity contribution in [1.29, 1.82) is 0 Å². The van der Waals surface area contributed by atoms with Crippen molar-refractivity contribution in [1.82, 2.24) is 19.8 Å². The number of nitrogens with zero attached hydrogens (tertiary/aromatic N) is 3. The molecule has 72 valence electrons. The van der Waals surface area contributed by atoms with Crippen molar-refractivity contribution in [3.05, 3.63) is 35.3 Å². The van der Waals surface area contributed by atoms with Crippen LogP contribution in [-0.2, 0) is 0 Å². The summed E-state index contributed by atoms with van der Waals surface area (Å²) in [6.07, 6.45) is 1.71. The SMILES string of the molecule is C=CCNc1ccc2n[nH]c(=O)n2n1. The number of hydrogen-bond acceptors (Lipinski definition) is 4. The molecule has 0 atom stereocenters. The monoisotopic (exact) mass is 191 g/mol. The summed E-state index contributed by atoms with van der Waals surface area (Å²) < 4.78 is 1.20. The summed E-state index contributed by atoms with van der Waals surface area (Å²) in [5.74, 6) is 0.612. The van der Waals surface area contributed by atoms with E-state index in [0.29, 0.717) is 18.0 Å². The quantitative estimate of drug-likeness (QED) is 0.670. The Kier molecular flexibility index (Phi) is 2.02. The molecule has 0 bridgehead atoms. The molecule has 2 rings (SSSR count). The second kappa shape index (κ2) is 3.33. The molecule has 2 aromatic rings. The number of aromatic nitrogens is 4. The van der Waals surface area contributed by atoms with Gasteiger partial charge in [-0.1, -0.05) is 6.08 Å². The maximum Gasteiger partial charge on any atom is 0.364 e. The van der Waals surface area contributed by atoms with E-state index in [1.807, 2.05) is 0 Å². The molecule has 0 amide bonds. The zero-order valence-electron chi connectivity index (χ0n) is 7.40. The van der Waals surface area contributed by atoms with E-state index >= 15 is 0 Å². The van der Waals surface area contributed by atoms with E-state index in [4.69, 9.17) is 0 Å². The van der Waals surface area contributed by atoms with Crippen LogP contribution in [-0.4, -0.2) is 26.4 Å². The van der Waals surface area contributed by atoms with Gasteiger partial charge in [-0.05, 0) is 12.1 Å². The molecule has 0 aliphatic carbocycles. The Bertz CT molecular complexity index is 512. The minimum absolute atomic E-state index is 0.345. The topological polar surface area (TPSA) is 75.1 Å². The second-order valence-corrected chi connectivity index (χ2v) is 2.69. The molecular formula is C8H9N5O. The van der Waals surface area contributed by atoms with E-state index in [-0.39, 0.29) is 5.69 Å². The molecule has 0 radical (unpaired) electrons. The summed E-state index contributed by atoms with van der Waals surface area (Å²) in [5, 5.41) is 13.1. The molecule has 0 unspecified atom stereocenters. The number of aromatic amines is 1. The van der Waals surface area contributed by atoms with Gasteiger partial charge in [0.1, 0.15) is 5.82 Å². The van der Waals surface area contributed by atoms with Crippen LogP contribution in [0.3, 0.4) is 0 Å². The first-order valence-corrected chi connectivity index (χ1v) is 4.10. The average Bonchev–Trinajstić information content (AvgIpc) is 2.57. The van der Waals surface area contributed by atoms with Gasteiger partial charge in [-0.3, -0.25) is 0 Å². The van der Waals surface area contributed by atoms with Crippen LogP contribution in [0.2, 0.25) is 0 Å². The summed E-state index contributed by atoms with van der Waals surface area (Å²) in [7, 11) is 0. The standard InChI is InChI=1S/C8H9N5O/c1-2-5-9-6-3-4-7-10-11-8(14)13(7)12-6/h2-4H,1,5H2,(H,9,12)(H,11,14). The molecule has 0 aliphatic rings. The van der Waals surface area contributed by atoms with Crippen molar-refractivity contribution in [2.45, 2.75) is 0 Å². The fourth-order valence-electron chi connectivity index (χ4n) is 1.07. The van der Waals surface area contributed by atoms with E-state index in [9.17, 15) is 4.79 Å². The lowest BCUT2D eigenvalue weighted by molar-refractivity contribution is 0.880. The third-order valence-electron chi connectivity index (χ3n) is 1.70. The average molecular weight is 191 g/mol. The van der Waals surface area contributed by atoms with Crippen molar-refractivity contribution < 1.29 is 0 Å². The predicted molar refractivity (Wildman–Crippen MR) is 52.3 cm³/mol. The van der Waals surface area contributed by atoms with E-state index in [0.717, 1.165) is 0 Å². The Balaban J connectivity index is 2.44. The Morgan fingerprint density at radius 3 is 3.29 bits per heavy atom. The number of H-pyrrole nitrogens is 1. The molecule has 0 saturated heterocycles. The minimum Gasteiger partial charge on any atom is -0.365 e. The van der Waals surface area contributed by atoms with Gasteiger partial charge in [-0.25, -0.2) is 9.89 Å². The maximum atomic E-state index is 11.1. The van der Waals surface area contributed by atoms with Crippen molar-refractivity contribution in [2.75, 3.05) is 11.9 Å². The van der Waals surface area contributed by atoms with Gasteiger partial charge in [0, 0.05) is 6.54 Å². The Morgan fingerprint density at radius 2 is 2.50 bits per heavy atom. The molecule has 6 nitrogen and oxygen atoms in total. The van der Waals surface area contributed by atoms with Crippen LogP contribution in [0.15, 0.2) is 29.6 Å². The normalized spacial score (nSPS) is 10.3. The zero-order chi connectivity index (χ0) is 9.97. The van der Waals surface area contributed by atoms with Gasteiger partial charge in [0.25, 0.3) is 0 Å². The highest BCUT2D eigenvalue weighted by molar-refractivity contribution is 5.43. The van der Waals surface area contributed by atoms with E-state index in [1.165, 1.54) is 4.52 Å². The van der Waals surface area contributed by atoms with Gasteiger partial charge in [-0.2, -0.15) is 9.61 Å². The predicted octanol–water partition coefficient (Wildman–Crippen LogP) is 0.0155. The molecule has 0 aromatic carbocycles. The third-order valence-corrected chi connectivity index (χ3v) is 1.70. The molecular weight excluding hydrogens is 182 g/mol. The van der Waals surface area contributed by atoms with Gasteiger partial charge in [-0.15, -0.1) is 11.7 Å². The summed E-state index contributed by atoms with van der Waals surface area (Å²) in [5.41, 5.74) is 0.154. The Hall–Kier alpha value is -2.11. The molecule has 2 N–H and O–H groups in total. The highest BCUT2D eigenvalue weighted by Crippen LogP contribution is 2.01. The van der Waals surface area contributed by atoms with Gasteiger partial charge in [0.2, 0.25) is 0 Å². The van der Waals surface area contributed by atoms with Gasteiger partial charge < -0.3 is 5.32 Å². The number of hydrogen-bond donors (Lipinski definition) is 2. The van der Waals surface area contributed by atoms with Crippen LogP contribution in [0.1, 0.15) is 0 Å². The molecule has 6 heteroatoms. The molecule has 2 heterocycles. The Labute approximate surface area is 79.3 Å². The molecule has 0 saturated carbocycles. The first-order valence-electron chi connectivity index (χ1n) is 4.10. The van der Waals surface area contributed by atoms with Crippen LogP contribution >= 0.6 is 0 Å². The number of anilines is 1. The van der Waals surface area contributed by atoms with Crippen molar-refractivity contribution in [3.8, 4) is 0 Å². The van der Waals surface area contributed by atoms with Crippen molar-refractivity contribution >= 4 is 11.5 Å². The van der Waals surface area contributed by atoms with Crippen molar-refractivity contribution in [2.24, 2.45) is 0 Å². The van der Waals surface area contributed by atoms with E-state index < -0.39 is 0 Å². The van der Waals surface area contributed by atoms with E-state index in [1.54, 1.807) is 18.2 Å². The molecule has 2 aromatic heterocycles. The Morgan fingerprint density at radius 1 is 1.64 bits per heavy atom.